The van der Waals surface area contributed by atoms with E-state index >= 15 is 0 Å². The SMILES string of the molecule is N#CCCOP(OCCC#N)Oc1ccc([N+](=O)[O-])cc1[N+](=O)[O-]. The van der Waals surface area contributed by atoms with E-state index in [0.717, 1.165) is 18.2 Å². The summed E-state index contributed by atoms with van der Waals surface area (Å²) in [5.74, 6) is -0.273. The summed E-state index contributed by atoms with van der Waals surface area (Å²) in [5, 5.41) is 38.7. The quantitative estimate of drug-likeness (QED) is 0.266. The Labute approximate surface area is 137 Å². The molecule has 0 aliphatic heterocycles. The fraction of sp³-hybridized carbons (Fsp3) is 0.333. The monoisotopic (exact) mass is 354 g/mol. The lowest BCUT2D eigenvalue weighted by Gasteiger charge is -2.15. The van der Waals surface area contributed by atoms with Crippen LogP contribution in [0.15, 0.2) is 18.2 Å². The highest BCUT2D eigenvalue weighted by molar-refractivity contribution is 7.42. The molecule has 0 radical (unpaired) electrons. The van der Waals surface area contributed by atoms with Gasteiger partial charge in [0.1, 0.15) is 0 Å². The summed E-state index contributed by atoms with van der Waals surface area (Å²) in [5.41, 5.74) is -1.08. The van der Waals surface area contributed by atoms with Crippen LogP contribution in [-0.2, 0) is 9.05 Å². The van der Waals surface area contributed by atoms with Crippen LogP contribution in [0.3, 0.4) is 0 Å². The average molecular weight is 354 g/mol. The van der Waals surface area contributed by atoms with E-state index in [1.807, 2.05) is 12.1 Å². The summed E-state index contributed by atoms with van der Waals surface area (Å²) in [6.45, 7) is -0.0644. The van der Waals surface area contributed by atoms with Gasteiger partial charge in [0.2, 0.25) is 5.75 Å². The molecule has 126 valence electrons. The number of nitro groups is 2. The molecule has 24 heavy (non-hydrogen) atoms. The molecule has 0 fully saturated rings. The van der Waals surface area contributed by atoms with E-state index in [-0.39, 0.29) is 31.8 Å². The highest BCUT2D eigenvalue weighted by atomic mass is 31.2. The van der Waals surface area contributed by atoms with E-state index in [1.54, 1.807) is 0 Å². The molecule has 12 heteroatoms. The maximum absolute atomic E-state index is 11.0. The van der Waals surface area contributed by atoms with Gasteiger partial charge in [-0.25, -0.2) is 0 Å². The number of nitro benzene ring substituents is 2. The topological polar surface area (TPSA) is 162 Å². The Kier molecular flexibility index (Phi) is 8.02. The van der Waals surface area contributed by atoms with Gasteiger partial charge in [-0.15, -0.1) is 0 Å². The average Bonchev–Trinajstić information content (AvgIpc) is 2.55. The van der Waals surface area contributed by atoms with Gasteiger partial charge in [-0.3, -0.25) is 20.2 Å². The molecule has 1 aromatic rings. The molecule has 0 heterocycles. The van der Waals surface area contributed by atoms with Crippen molar-refractivity contribution in [2.24, 2.45) is 0 Å². The number of nitriles is 2. The number of nitrogens with zero attached hydrogens (tertiary/aromatic N) is 4. The molecule has 0 bridgehead atoms. The van der Waals surface area contributed by atoms with E-state index in [9.17, 15) is 20.2 Å². The molecule has 0 N–H and O–H groups in total. The summed E-state index contributed by atoms with van der Waals surface area (Å²) < 4.78 is 15.6. The smallest absolute Gasteiger partial charge is 0.397 e. The Hall–Kier alpha value is -2.85. The second-order valence-corrected chi connectivity index (χ2v) is 5.11. The third kappa shape index (κ3) is 6.10. The van der Waals surface area contributed by atoms with Crippen molar-refractivity contribution in [3.8, 4) is 17.9 Å². The lowest BCUT2D eigenvalue weighted by molar-refractivity contribution is -0.394. The molecule has 0 saturated carbocycles. The zero-order valence-corrected chi connectivity index (χ0v) is 13.0. The van der Waals surface area contributed by atoms with Gasteiger partial charge in [0.15, 0.2) is 0 Å². The molecule has 0 amide bonds. The molecule has 0 spiro atoms. The van der Waals surface area contributed by atoms with Crippen molar-refractivity contribution in [1.29, 1.82) is 10.5 Å². The van der Waals surface area contributed by atoms with Gasteiger partial charge in [-0.2, -0.15) is 10.5 Å². The first-order valence-corrected chi connectivity index (χ1v) is 7.49. The van der Waals surface area contributed by atoms with Crippen molar-refractivity contribution >= 4 is 20.0 Å². The van der Waals surface area contributed by atoms with Crippen LogP contribution in [0.2, 0.25) is 0 Å². The van der Waals surface area contributed by atoms with Gasteiger partial charge >= 0.3 is 14.3 Å². The van der Waals surface area contributed by atoms with E-state index in [2.05, 4.69) is 0 Å². The predicted octanol–water partition coefficient (Wildman–Crippen LogP) is 2.97. The van der Waals surface area contributed by atoms with Crippen LogP contribution >= 0.6 is 8.60 Å². The first-order valence-electron chi connectivity index (χ1n) is 6.40. The normalized spacial score (nSPS) is 9.96. The highest BCUT2D eigenvalue weighted by Crippen LogP contribution is 2.44. The number of benzene rings is 1. The fourth-order valence-corrected chi connectivity index (χ4v) is 2.32. The van der Waals surface area contributed by atoms with E-state index in [0.29, 0.717) is 0 Å². The maximum Gasteiger partial charge on any atom is 0.397 e. The molecule has 0 saturated heterocycles. The molecule has 0 aliphatic carbocycles. The van der Waals surface area contributed by atoms with Gasteiger partial charge in [0.05, 0.1) is 54.1 Å². The van der Waals surface area contributed by atoms with E-state index in [4.69, 9.17) is 24.1 Å². The van der Waals surface area contributed by atoms with Gasteiger partial charge in [-0.05, 0) is 6.07 Å². The van der Waals surface area contributed by atoms with Gasteiger partial charge in [0.25, 0.3) is 5.69 Å². The van der Waals surface area contributed by atoms with Crippen molar-refractivity contribution in [2.75, 3.05) is 13.2 Å². The van der Waals surface area contributed by atoms with Crippen LogP contribution in [0.4, 0.5) is 11.4 Å². The van der Waals surface area contributed by atoms with Crippen LogP contribution in [0.25, 0.3) is 0 Å². The van der Waals surface area contributed by atoms with Crippen molar-refractivity contribution in [1.82, 2.24) is 0 Å². The first-order chi connectivity index (χ1) is 11.5. The minimum atomic E-state index is -2.10. The predicted molar refractivity (Wildman–Crippen MR) is 79.7 cm³/mol. The number of hydrogen-bond acceptors (Lipinski definition) is 9. The van der Waals surface area contributed by atoms with E-state index < -0.39 is 29.8 Å². The van der Waals surface area contributed by atoms with Crippen LogP contribution in [0, 0.1) is 42.9 Å². The molecule has 1 aromatic carbocycles. The fourth-order valence-electron chi connectivity index (χ4n) is 1.34. The minimum Gasteiger partial charge on any atom is -0.419 e. The van der Waals surface area contributed by atoms with Crippen molar-refractivity contribution < 1.29 is 23.4 Å². The van der Waals surface area contributed by atoms with Gasteiger partial charge in [0, 0.05) is 6.07 Å². The zero-order valence-electron chi connectivity index (χ0n) is 12.2. The Bertz CT molecular complexity index is 665. The lowest BCUT2D eigenvalue weighted by atomic mass is 10.2. The van der Waals surface area contributed by atoms with Crippen LogP contribution in [-0.4, -0.2) is 23.1 Å². The maximum atomic E-state index is 11.0. The highest BCUT2D eigenvalue weighted by Gasteiger charge is 2.25. The third-order valence-corrected chi connectivity index (χ3v) is 3.48. The summed E-state index contributed by atoms with van der Waals surface area (Å²) in [7, 11) is -2.10. The molecular weight excluding hydrogens is 343 g/mol. The summed E-state index contributed by atoms with van der Waals surface area (Å²) in [4.78, 5) is 20.1. The Balaban J connectivity index is 2.94. The number of non-ortho nitro benzene ring substituents is 1. The molecule has 0 aliphatic rings. The summed E-state index contributed by atoms with van der Waals surface area (Å²) in [6.07, 6.45) is 0.0956. The standard InChI is InChI=1S/C12H11N4O7P/c13-5-1-7-21-24(22-8-2-6-14)23-12-4-3-10(15(17)18)9-11(12)16(19)20/h3-4,9H,1-2,7-8H2. The summed E-state index contributed by atoms with van der Waals surface area (Å²) >= 11 is 0. The van der Waals surface area contributed by atoms with Gasteiger partial charge < -0.3 is 13.6 Å². The number of rotatable bonds is 10. The largest absolute Gasteiger partial charge is 0.419 e. The Morgan fingerprint density at radius 2 is 1.62 bits per heavy atom. The van der Waals surface area contributed by atoms with Gasteiger partial charge in [-0.1, -0.05) is 0 Å². The first kappa shape index (κ1) is 19.2. The Morgan fingerprint density at radius 1 is 1.04 bits per heavy atom. The zero-order chi connectivity index (χ0) is 17.9. The van der Waals surface area contributed by atoms with Crippen molar-refractivity contribution in [2.45, 2.75) is 12.8 Å². The second kappa shape index (κ2) is 10.0. The van der Waals surface area contributed by atoms with Crippen molar-refractivity contribution in [3.05, 3.63) is 38.4 Å². The lowest BCUT2D eigenvalue weighted by Crippen LogP contribution is -2.02. The number of hydrogen-bond donors (Lipinski definition) is 0. The van der Waals surface area contributed by atoms with Crippen molar-refractivity contribution in [3.63, 3.8) is 0 Å². The molecule has 11 nitrogen and oxygen atoms in total. The summed E-state index contributed by atoms with van der Waals surface area (Å²) in [6, 6.07) is 6.55. The molecule has 0 unspecified atom stereocenters. The molecule has 0 atom stereocenters. The molecule has 1 rings (SSSR count). The third-order valence-electron chi connectivity index (χ3n) is 2.34. The second-order valence-electron chi connectivity index (χ2n) is 3.96. The van der Waals surface area contributed by atoms with Crippen LogP contribution in [0.5, 0.6) is 5.75 Å². The minimum absolute atomic E-state index is 0.0322. The van der Waals surface area contributed by atoms with Crippen LogP contribution in [0.1, 0.15) is 12.8 Å². The molecule has 0 aromatic heterocycles. The van der Waals surface area contributed by atoms with E-state index in [1.165, 1.54) is 0 Å². The van der Waals surface area contributed by atoms with Crippen LogP contribution < -0.4 is 4.52 Å². The Morgan fingerprint density at radius 3 is 2.08 bits per heavy atom. The molecular formula is C12H11N4O7P.